The number of anilines is 4. The maximum atomic E-state index is 13.2. The molecule has 0 aliphatic carbocycles. The Bertz CT molecular complexity index is 1860. The number of piperidine rings is 1. The first-order valence-corrected chi connectivity index (χ1v) is 17.9. The molecule has 0 unspecified atom stereocenters. The van der Waals surface area contributed by atoms with Crippen molar-refractivity contribution in [2.45, 2.75) is 75.5 Å². The van der Waals surface area contributed by atoms with Gasteiger partial charge < -0.3 is 20.3 Å². The smallest absolute Gasteiger partial charge is 0.239 e. The Morgan fingerprint density at radius 2 is 1.68 bits per heavy atom. The molecule has 47 heavy (non-hydrogen) atoms. The molecule has 2 aromatic heterocycles. The molecule has 2 aromatic carbocycles. The first-order valence-electron chi connectivity index (χ1n) is 16.4. The number of nitrogens with one attached hydrogen (secondary N) is 2. The minimum absolute atomic E-state index is 0.0521. The fourth-order valence-corrected chi connectivity index (χ4v) is 7.85. The van der Waals surface area contributed by atoms with Gasteiger partial charge in [-0.05, 0) is 108 Å². The third-order valence-electron chi connectivity index (χ3n) is 9.44. The molecule has 12 nitrogen and oxygen atoms in total. The van der Waals surface area contributed by atoms with Crippen molar-refractivity contribution in [3.8, 4) is 5.75 Å². The van der Waals surface area contributed by atoms with E-state index in [4.69, 9.17) is 9.72 Å². The molecule has 0 radical (unpaired) electrons. The van der Waals surface area contributed by atoms with Crippen LogP contribution in [0.2, 0.25) is 0 Å². The van der Waals surface area contributed by atoms with Crippen LogP contribution in [0.15, 0.2) is 53.6 Å². The van der Waals surface area contributed by atoms with Crippen molar-refractivity contribution in [3.63, 3.8) is 0 Å². The van der Waals surface area contributed by atoms with Gasteiger partial charge in [-0.15, -0.1) is 0 Å². The van der Waals surface area contributed by atoms with E-state index in [2.05, 4.69) is 38.6 Å². The number of aromatic nitrogens is 4. The molecule has 2 saturated heterocycles. The van der Waals surface area contributed by atoms with Crippen molar-refractivity contribution in [3.05, 3.63) is 59.8 Å². The van der Waals surface area contributed by atoms with Crippen LogP contribution in [0.1, 0.15) is 63.5 Å². The molecule has 250 valence electrons. The number of ether oxygens (including phenoxy) is 1. The monoisotopic (exact) mass is 660 g/mol. The Labute approximate surface area is 276 Å². The van der Waals surface area contributed by atoms with Crippen LogP contribution < -0.4 is 15.4 Å². The van der Waals surface area contributed by atoms with Crippen molar-refractivity contribution in [2.24, 2.45) is 0 Å². The van der Waals surface area contributed by atoms with Crippen LogP contribution in [0.4, 0.5) is 23.3 Å². The standard InChI is InChI=1S/C34H44N8O4S/c1-22(2)47(44,45)30-11-7-6-10-27(30)37-34-39-33(38-31-12-15-35-42(31)34)36-28-20-23(3)26(21-29(28)46-5)25-13-18-41(19-14-25)32(43)24(4)40-16-8-9-17-40/h6-7,10-12,15,20-22,24-25H,8-9,13-14,16-19H2,1-5H3,(H2,36,37,38,39)/t24-/m0/s1. The number of hydrogen-bond acceptors (Lipinski definition) is 10. The van der Waals surface area contributed by atoms with Gasteiger partial charge in [0.1, 0.15) is 5.75 Å². The molecule has 6 rings (SSSR count). The summed E-state index contributed by atoms with van der Waals surface area (Å²) < 4.78 is 33.5. The SMILES string of the molecule is COc1cc(C2CCN(C(=O)[C@H](C)N3CCCC3)CC2)c(C)cc1Nc1nc(Nc2ccccc2S(=O)(=O)C(C)C)n2nccc2n1. The zero-order valence-corrected chi connectivity index (χ0v) is 28.5. The fraction of sp³-hybridized carbons (Fsp3) is 0.471. The molecular formula is C34H44N8O4S. The normalized spacial score (nSPS) is 16.9. The van der Waals surface area contributed by atoms with E-state index in [1.165, 1.54) is 22.9 Å². The van der Waals surface area contributed by atoms with Crippen LogP contribution in [0.25, 0.3) is 5.65 Å². The average Bonchev–Trinajstić information content (AvgIpc) is 3.78. The predicted molar refractivity (Wildman–Crippen MR) is 183 cm³/mol. The minimum Gasteiger partial charge on any atom is -0.495 e. The summed E-state index contributed by atoms with van der Waals surface area (Å²) in [5.41, 5.74) is 3.96. The van der Waals surface area contributed by atoms with E-state index in [-0.39, 0.29) is 16.8 Å². The summed E-state index contributed by atoms with van der Waals surface area (Å²) in [4.78, 5) is 27.1. The summed E-state index contributed by atoms with van der Waals surface area (Å²) in [6.45, 7) is 11.0. The lowest BCUT2D eigenvalue weighted by atomic mass is 9.86. The summed E-state index contributed by atoms with van der Waals surface area (Å²) in [5, 5.41) is 10.3. The van der Waals surface area contributed by atoms with E-state index in [0.717, 1.165) is 44.6 Å². The Morgan fingerprint density at radius 1 is 0.957 bits per heavy atom. The van der Waals surface area contributed by atoms with Crippen LogP contribution in [0.5, 0.6) is 5.75 Å². The number of rotatable bonds is 10. The van der Waals surface area contributed by atoms with E-state index in [1.54, 1.807) is 57.5 Å². The molecular weight excluding hydrogens is 616 g/mol. The number of carbonyl (C=O) groups is 1. The number of amides is 1. The summed E-state index contributed by atoms with van der Waals surface area (Å²) in [7, 11) is -1.92. The number of benzene rings is 2. The molecule has 1 amide bonds. The van der Waals surface area contributed by atoms with Gasteiger partial charge in [-0.2, -0.15) is 19.6 Å². The number of para-hydroxylation sites is 1. The third-order valence-corrected chi connectivity index (χ3v) is 11.7. The first-order chi connectivity index (χ1) is 22.6. The van der Waals surface area contributed by atoms with E-state index >= 15 is 0 Å². The number of likely N-dealkylation sites (tertiary alicyclic amines) is 2. The average molecular weight is 661 g/mol. The maximum absolute atomic E-state index is 13.2. The molecule has 0 saturated carbocycles. The molecule has 2 fully saturated rings. The highest BCUT2D eigenvalue weighted by Gasteiger charge is 2.31. The van der Waals surface area contributed by atoms with E-state index in [0.29, 0.717) is 40.6 Å². The minimum atomic E-state index is -3.56. The largest absolute Gasteiger partial charge is 0.495 e. The van der Waals surface area contributed by atoms with Crippen LogP contribution in [0.3, 0.4) is 0 Å². The van der Waals surface area contributed by atoms with Gasteiger partial charge in [-0.1, -0.05) is 12.1 Å². The second kappa shape index (κ2) is 13.5. The Balaban J connectivity index is 1.22. The van der Waals surface area contributed by atoms with Gasteiger partial charge in [0, 0.05) is 19.2 Å². The van der Waals surface area contributed by atoms with E-state index < -0.39 is 15.1 Å². The zero-order chi connectivity index (χ0) is 33.3. The Morgan fingerprint density at radius 3 is 2.38 bits per heavy atom. The van der Waals surface area contributed by atoms with Gasteiger partial charge in [0.05, 0.1) is 40.9 Å². The number of sulfone groups is 1. The van der Waals surface area contributed by atoms with Crippen LogP contribution in [-0.4, -0.2) is 88.3 Å². The van der Waals surface area contributed by atoms with Gasteiger partial charge >= 0.3 is 0 Å². The fourth-order valence-electron chi connectivity index (χ4n) is 6.65. The molecule has 2 aliphatic rings. The molecule has 0 spiro atoms. The topological polar surface area (TPSA) is 134 Å². The van der Waals surface area contributed by atoms with Crippen LogP contribution >= 0.6 is 0 Å². The van der Waals surface area contributed by atoms with Gasteiger partial charge in [0.2, 0.25) is 17.8 Å². The van der Waals surface area contributed by atoms with Crippen LogP contribution in [-0.2, 0) is 14.6 Å². The molecule has 4 aromatic rings. The number of aryl methyl sites for hydroxylation is 1. The van der Waals surface area contributed by atoms with Gasteiger partial charge in [0.15, 0.2) is 15.5 Å². The number of methoxy groups -OCH3 is 1. The number of carbonyl (C=O) groups excluding carboxylic acids is 1. The first kappa shape index (κ1) is 32.7. The quantitative estimate of drug-likeness (QED) is 0.231. The summed E-state index contributed by atoms with van der Waals surface area (Å²) in [6.07, 6.45) is 5.76. The second-order valence-electron chi connectivity index (χ2n) is 12.7. The van der Waals surface area contributed by atoms with Crippen LogP contribution in [0, 0.1) is 6.92 Å². The molecule has 2 N–H and O–H groups in total. The summed E-state index contributed by atoms with van der Waals surface area (Å²) >= 11 is 0. The molecule has 1 atom stereocenters. The second-order valence-corrected chi connectivity index (χ2v) is 15.2. The maximum Gasteiger partial charge on any atom is 0.239 e. The van der Waals surface area contributed by atoms with Crippen molar-refractivity contribution < 1.29 is 17.9 Å². The molecule has 13 heteroatoms. The van der Waals surface area contributed by atoms with Gasteiger partial charge in [-0.25, -0.2) is 8.42 Å². The zero-order valence-electron chi connectivity index (χ0n) is 27.7. The predicted octanol–water partition coefficient (Wildman–Crippen LogP) is 5.30. The summed E-state index contributed by atoms with van der Waals surface area (Å²) in [5.74, 6) is 1.83. The number of hydrogen-bond donors (Lipinski definition) is 2. The number of nitrogens with zero attached hydrogens (tertiary/aromatic N) is 6. The van der Waals surface area contributed by atoms with E-state index in [9.17, 15) is 13.2 Å². The summed E-state index contributed by atoms with van der Waals surface area (Å²) in [6, 6.07) is 12.6. The number of fused-ring (bicyclic) bond motifs is 1. The highest BCUT2D eigenvalue weighted by molar-refractivity contribution is 7.92. The van der Waals surface area contributed by atoms with Gasteiger partial charge in [-0.3, -0.25) is 9.69 Å². The lowest BCUT2D eigenvalue weighted by molar-refractivity contribution is -0.137. The highest BCUT2D eigenvalue weighted by Crippen LogP contribution is 2.38. The van der Waals surface area contributed by atoms with Crippen molar-refractivity contribution >= 4 is 44.7 Å². The highest BCUT2D eigenvalue weighted by atomic mass is 32.2. The third kappa shape index (κ3) is 6.64. The lowest BCUT2D eigenvalue weighted by Gasteiger charge is -2.36. The van der Waals surface area contributed by atoms with Crippen molar-refractivity contribution in [2.75, 3.05) is 43.9 Å². The van der Waals surface area contributed by atoms with Gasteiger partial charge in [0.25, 0.3) is 0 Å². The lowest BCUT2D eigenvalue weighted by Crippen LogP contribution is -2.48. The molecule has 2 aliphatic heterocycles. The Kier molecular flexibility index (Phi) is 9.38. The molecule has 4 heterocycles. The molecule has 0 bridgehead atoms. The van der Waals surface area contributed by atoms with Crippen molar-refractivity contribution in [1.82, 2.24) is 29.4 Å². The van der Waals surface area contributed by atoms with E-state index in [1.807, 2.05) is 17.9 Å². The Hall–Kier alpha value is -4.23. The van der Waals surface area contributed by atoms with Crippen molar-refractivity contribution in [1.29, 1.82) is 0 Å².